The largest absolute Gasteiger partial charge is 0.316 e. The Morgan fingerprint density at radius 1 is 0.857 bits per heavy atom. The van der Waals surface area contributed by atoms with E-state index in [-0.39, 0.29) is 0 Å². The number of rotatable bonds is 7. The lowest BCUT2D eigenvalue weighted by Gasteiger charge is -2.17. The molecular weight excluding hydrogens is 170 g/mol. The molecule has 1 rings (SSSR count). The predicted molar refractivity (Wildman–Crippen MR) is 63.5 cm³/mol. The van der Waals surface area contributed by atoms with Crippen LogP contribution in [-0.4, -0.2) is 13.1 Å². The van der Waals surface area contributed by atoms with Crippen LogP contribution < -0.4 is 5.32 Å². The maximum Gasteiger partial charge on any atom is -0.00173 e. The van der Waals surface area contributed by atoms with Gasteiger partial charge in [0.15, 0.2) is 0 Å². The minimum Gasteiger partial charge on any atom is -0.316 e. The molecule has 0 aromatic heterocycles. The average molecular weight is 197 g/mol. The van der Waals surface area contributed by atoms with Gasteiger partial charge in [-0.3, -0.25) is 0 Å². The van der Waals surface area contributed by atoms with E-state index in [1.165, 1.54) is 58.0 Å². The van der Waals surface area contributed by atoms with Gasteiger partial charge in [-0.15, -0.1) is 0 Å². The van der Waals surface area contributed by atoms with Crippen LogP contribution in [-0.2, 0) is 0 Å². The van der Waals surface area contributed by atoms with Crippen molar-refractivity contribution in [3.05, 3.63) is 0 Å². The summed E-state index contributed by atoms with van der Waals surface area (Å²) in [4.78, 5) is 0. The van der Waals surface area contributed by atoms with E-state index in [9.17, 15) is 0 Å². The van der Waals surface area contributed by atoms with Crippen LogP contribution in [0.15, 0.2) is 0 Å². The lowest BCUT2D eigenvalue weighted by molar-refractivity contribution is 0.352. The fourth-order valence-corrected chi connectivity index (χ4v) is 2.59. The lowest BCUT2D eigenvalue weighted by Crippen LogP contribution is -2.12. The highest BCUT2D eigenvalue weighted by Gasteiger charge is 2.25. The van der Waals surface area contributed by atoms with Gasteiger partial charge in [0.1, 0.15) is 0 Å². The van der Waals surface area contributed by atoms with Gasteiger partial charge in [0, 0.05) is 0 Å². The number of unbranched alkanes of at least 4 members (excludes halogenated alkanes) is 3. The maximum atomic E-state index is 3.56. The van der Waals surface area contributed by atoms with Crippen LogP contribution in [0.4, 0.5) is 0 Å². The third-order valence-corrected chi connectivity index (χ3v) is 3.59. The van der Waals surface area contributed by atoms with Crippen molar-refractivity contribution in [1.82, 2.24) is 5.32 Å². The van der Waals surface area contributed by atoms with Gasteiger partial charge in [-0.05, 0) is 37.8 Å². The van der Waals surface area contributed by atoms with Crippen LogP contribution in [0, 0.1) is 11.8 Å². The first-order chi connectivity index (χ1) is 6.88. The van der Waals surface area contributed by atoms with Crippen LogP contribution in [0.25, 0.3) is 0 Å². The van der Waals surface area contributed by atoms with Crippen LogP contribution >= 0.6 is 0 Å². The van der Waals surface area contributed by atoms with E-state index in [4.69, 9.17) is 0 Å². The van der Waals surface area contributed by atoms with Gasteiger partial charge in [0.05, 0.1) is 0 Å². The molecule has 2 atom stereocenters. The van der Waals surface area contributed by atoms with Gasteiger partial charge in [-0.25, -0.2) is 0 Å². The number of hydrogen-bond acceptors (Lipinski definition) is 1. The van der Waals surface area contributed by atoms with Gasteiger partial charge in [-0.1, -0.05) is 46.0 Å². The highest BCUT2D eigenvalue weighted by atomic mass is 14.9. The summed E-state index contributed by atoms with van der Waals surface area (Å²) >= 11 is 0. The van der Waals surface area contributed by atoms with Crippen molar-refractivity contribution < 1.29 is 0 Å². The van der Waals surface area contributed by atoms with Gasteiger partial charge < -0.3 is 5.32 Å². The molecule has 0 bridgehead atoms. The zero-order chi connectivity index (χ0) is 10.2. The molecule has 0 radical (unpaired) electrons. The zero-order valence-electron chi connectivity index (χ0n) is 10.0. The Morgan fingerprint density at radius 3 is 2.00 bits per heavy atom. The van der Waals surface area contributed by atoms with E-state index in [1.54, 1.807) is 0 Å². The van der Waals surface area contributed by atoms with Gasteiger partial charge >= 0.3 is 0 Å². The molecule has 1 aliphatic rings. The Labute approximate surface area is 89.7 Å². The first-order valence-electron chi connectivity index (χ1n) is 6.59. The molecule has 1 nitrogen and oxygen atoms in total. The van der Waals surface area contributed by atoms with E-state index in [0.717, 1.165) is 11.8 Å². The summed E-state index contributed by atoms with van der Waals surface area (Å²) in [7, 11) is 0. The minimum absolute atomic E-state index is 0.992. The molecule has 1 heterocycles. The van der Waals surface area contributed by atoms with E-state index in [0.29, 0.717) is 0 Å². The van der Waals surface area contributed by atoms with Crippen molar-refractivity contribution in [2.24, 2.45) is 11.8 Å². The summed E-state index contributed by atoms with van der Waals surface area (Å²) in [5, 5.41) is 3.56. The Bertz CT molecular complexity index is 133. The van der Waals surface area contributed by atoms with E-state index in [1.807, 2.05) is 0 Å². The highest BCUT2D eigenvalue weighted by molar-refractivity contribution is 4.80. The van der Waals surface area contributed by atoms with Crippen LogP contribution in [0.3, 0.4) is 0 Å². The van der Waals surface area contributed by atoms with E-state index >= 15 is 0 Å². The Balaban J connectivity index is 2.14. The van der Waals surface area contributed by atoms with Gasteiger partial charge in [0.2, 0.25) is 0 Å². The van der Waals surface area contributed by atoms with Gasteiger partial charge in [-0.2, -0.15) is 0 Å². The molecular formula is C13H27N. The lowest BCUT2D eigenvalue weighted by atomic mass is 9.87. The van der Waals surface area contributed by atoms with Crippen molar-refractivity contribution in [2.75, 3.05) is 13.1 Å². The van der Waals surface area contributed by atoms with Crippen molar-refractivity contribution in [1.29, 1.82) is 0 Å². The monoisotopic (exact) mass is 197 g/mol. The quantitative estimate of drug-likeness (QED) is 0.615. The second-order valence-corrected chi connectivity index (χ2v) is 4.82. The summed E-state index contributed by atoms with van der Waals surface area (Å²) in [6, 6.07) is 0. The van der Waals surface area contributed by atoms with Crippen molar-refractivity contribution in [3.63, 3.8) is 0 Å². The molecule has 0 spiro atoms. The first-order valence-corrected chi connectivity index (χ1v) is 6.59. The average Bonchev–Trinajstić information content (AvgIpc) is 2.63. The normalized spacial score (nSPS) is 27.0. The van der Waals surface area contributed by atoms with Crippen molar-refractivity contribution >= 4 is 0 Å². The molecule has 1 heteroatoms. The third-order valence-electron chi connectivity index (χ3n) is 3.59. The maximum absolute atomic E-state index is 3.56. The fraction of sp³-hybridized carbons (Fsp3) is 1.00. The molecule has 1 aliphatic heterocycles. The molecule has 1 saturated heterocycles. The van der Waals surface area contributed by atoms with Crippen molar-refractivity contribution in [2.45, 2.75) is 58.8 Å². The number of nitrogens with one attached hydrogen (secondary N) is 1. The molecule has 0 aliphatic carbocycles. The second-order valence-electron chi connectivity index (χ2n) is 4.82. The molecule has 2 unspecified atom stereocenters. The van der Waals surface area contributed by atoms with Crippen LogP contribution in [0.5, 0.6) is 0 Å². The van der Waals surface area contributed by atoms with Gasteiger partial charge in [0.25, 0.3) is 0 Å². The molecule has 0 saturated carbocycles. The summed E-state index contributed by atoms with van der Waals surface area (Å²) in [5.41, 5.74) is 0. The van der Waals surface area contributed by atoms with E-state index in [2.05, 4.69) is 19.2 Å². The number of hydrogen-bond donors (Lipinski definition) is 1. The molecule has 0 aromatic carbocycles. The summed E-state index contributed by atoms with van der Waals surface area (Å²) in [6.07, 6.45) is 9.95. The smallest absolute Gasteiger partial charge is 0.00173 e. The Hall–Kier alpha value is -0.0400. The molecule has 14 heavy (non-hydrogen) atoms. The first kappa shape index (κ1) is 12.0. The summed E-state index contributed by atoms with van der Waals surface area (Å²) in [6.45, 7) is 7.17. The predicted octanol–water partition coefficient (Wildman–Crippen LogP) is 3.59. The Kier molecular flexibility index (Phi) is 6.25. The van der Waals surface area contributed by atoms with Crippen LogP contribution in [0.2, 0.25) is 0 Å². The fourth-order valence-electron chi connectivity index (χ4n) is 2.59. The van der Waals surface area contributed by atoms with Crippen molar-refractivity contribution in [3.8, 4) is 0 Å². The zero-order valence-corrected chi connectivity index (χ0v) is 10.0. The highest BCUT2D eigenvalue weighted by Crippen LogP contribution is 2.26. The minimum atomic E-state index is 0.992. The topological polar surface area (TPSA) is 12.0 Å². The summed E-state index contributed by atoms with van der Waals surface area (Å²) < 4.78 is 0. The molecule has 1 fully saturated rings. The molecule has 0 aromatic rings. The SMILES string of the molecule is CCCCCC1CNCC1CCCC. The Morgan fingerprint density at radius 2 is 1.43 bits per heavy atom. The van der Waals surface area contributed by atoms with E-state index < -0.39 is 0 Å². The molecule has 0 amide bonds. The molecule has 1 N–H and O–H groups in total. The van der Waals surface area contributed by atoms with Crippen LogP contribution in [0.1, 0.15) is 58.8 Å². The third kappa shape index (κ3) is 4.00. The summed E-state index contributed by atoms with van der Waals surface area (Å²) in [5.74, 6) is 1.99. The molecule has 84 valence electrons. The standard InChI is InChI=1S/C13H27N/c1-3-5-7-9-13-11-14-10-12(13)8-6-4-2/h12-14H,3-11H2,1-2H3. The second kappa shape index (κ2) is 7.28.